The van der Waals surface area contributed by atoms with Gasteiger partial charge in [0.15, 0.2) is 6.04 Å². The number of benzene rings is 3. The van der Waals surface area contributed by atoms with Crippen LogP contribution in [0.15, 0.2) is 78.9 Å². The molecule has 2 amide bonds. The quantitative estimate of drug-likeness (QED) is 0.439. The lowest BCUT2D eigenvalue weighted by Crippen LogP contribution is -2.62. The number of amides is 2. The van der Waals surface area contributed by atoms with Crippen molar-refractivity contribution in [1.29, 1.82) is 0 Å². The molecule has 3 aromatic carbocycles. The Bertz CT molecular complexity index is 1310. The molecule has 3 atom stereocenters. The van der Waals surface area contributed by atoms with E-state index in [0.29, 0.717) is 13.0 Å². The lowest BCUT2D eigenvalue weighted by molar-refractivity contribution is -0.159. The number of hydrogen-bond acceptors (Lipinski definition) is 5. The number of carboxylic acid groups (broad SMARTS) is 1. The van der Waals surface area contributed by atoms with Gasteiger partial charge in [-0.15, -0.1) is 0 Å². The van der Waals surface area contributed by atoms with Crippen LogP contribution in [0.2, 0.25) is 0 Å². The van der Waals surface area contributed by atoms with E-state index in [9.17, 15) is 19.5 Å². The van der Waals surface area contributed by atoms with Gasteiger partial charge in [0.25, 0.3) is 0 Å². The fraction of sp³-hybridized carbons (Fsp3) is 0.323. The van der Waals surface area contributed by atoms with Gasteiger partial charge in [-0.1, -0.05) is 78.9 Å². The first kappa shape index (κ1) is 26.4. The summed E-state index contributed by atoms with van der Waals surface area (Å²) in [4.78, 5) is 41.0. The first-order valence-corrected chi connectivity index (χ1v) is 13.1. The van der Waals surface area contributed by atoms with Crippen LogP contribution in [0.1, 0.15) is 36.0 Å². The van der Waals surface area contributed by atoms with E-state index in [2.05, 4.69) is 12.1 Å². The van der Waals surface area contributed by atoms with E-state index in [-0.39, 0.29) is 19.1 Å². The number of nitrogens with zero attached hydrogens (tertiary/aromatic N) is 2. The summed E-state index contributed by atoms with van der Waals surface area (Å²) in [5.41, 5.74) is 5.39. The number of carbonyl (C=O) groups is 3. The Kier molecular flexibility index (Phi) is 7.65. The van der Waals surface area contributed by atoms with Crippen molar-refractivity contribution < 1.29 is 29.0 Å². The number of ether oxygens (including phenoxy) is 2. The van der Waals surface area contributed by atoms with Gasteiger partial charge in [0.1, 0.15) is 12.6 Å². The van der Waals surface area contributed by atoms with E-state index in [0.717, 1.165) is 27.8 Å². The molecule has 0 bridgehead atoms. The molecule has 1 aliphatic heterocycles. The van der Waals surface area contributed by atoms with Gasteiger partial charge in [-0.3, -0.25) is 9.69 Å². The molecule has 0 aromatic heterocycles. The zero-order valence-corrected chi connectivity index (χ0v) is 22.0. The predicted octanol–water partition coefficient (Wildman–Crippen LogP) is 4.53. The van der Waals surface area contributed by atoms with Crippen molar-refractivity contribution in [2.45, 2.75) is 44.1 Å². The zero-order chi connectivity index (χ0) is 27.5. The number of aliphatic carboxylic acids is 1. The standard InChI is InChI=1S/C31H32N2O6/c1-20(38-18-21-10-4-3-5-11-21)28(30(35)36)32(2)29(34)27-16-17-33(27)31(37)39-19-26-24-14-8-6-12-22(24)23-13-7-9-15-25(23)26/h3-15,20,26-28H,16-19H2,1-2H3,(H,35,36)/t20-,27+,28+/m1/s1. The second-order valence-electron chi connectivity index (χ2n) is 10.0. The SMILES string of the molecule is C[C@@H](OCc1ccccc1)[C@@H](C(=O)O)N(C)C(=O)[C@@H]1CCN1C(=O)OCC1c2ccccc2-c2ccccc21. The maximum Gasteiger partial charge on any atom is 0.410 e. The number of carbonyl (C=O) groups excluding carboxylic acids is 2. The summed E-state index contributed by atoms with van der Waals surface area (Å²) in [5.74, 6) is -1.70. The van der Waals surface area contributed by atoms with Gasteiger partial charge in [0.2, 0.25) is 5.91 Å². The highest BCUT2D eigenvalue weighted by atomic mass is 16.6. The van der Waals surface area contributed by atoms with E-state index in [4.69, 9.17) is 9.47 Å². The van der Waals surface area contributed by atoms with Crippen LogP contribution in [-0.4, -0.2) is 71.3 Å². The topological polar surface area (TPSA) is 96.4 Å². The van der Waals surface area contributed by atoms with Gasteiger partial charge in [0, 0.05) is 19.5 Å². The van der Waals surface area contributed by atoms with Crippen molar-refractivity contribution >= 4 is 18.0 Å². The largest absolute Gasteiger partial charge is 0.480 e. The molecule has 0 unspecified atom stereocenters. The van der Waals surface area contributed by atoms with E-state index in [1.807, 2.05) is 66.7 Å². The van der Waals surface area contributed by atoms with Crippen LogP contribution >= 0.6 is 0 Å². The maximum atomic E-state index is 13.3. The molecular formula is C31H32N2O6. The Balaban J connectivity index is 1.21. The fourth-order valence-corrected chi connectivity index (χ4v) is 5.49. The van der Waals surface area contributed by atoms with Crippen molar-refractivity contribution in [3.8, 4) is 11.1 Å². The van der Waals surface area contributed by atoms with E-state index in [1.165, 1.54) is 16.8 Å². The first-order chi connectivity index (χ1) is 18.9. The second-order valence-corrected chi connectivity index (χ2v) is 10.0. The minimum absolute atomic E-state index is 0.0848. The Hall–Kier alpha value is -4.17. The van der Waals surface area contributed by atoms with E-state index >= 15 is 0 Å². The highest BCUT2D eigenvalue weighted by Gasteiger charge is 2.44. The third-order valence-corrected chi connectivity index (χ3v) is 7.69. The van der Waals surface area contributed by atoms with Crippen LogP contribution < -0.4 is 0 Å². The number of rotatable bonds is 9. The third kappa shape index (κ3) is 5.25. The molecule has 8 nitrogen and oxygen atoms in total. The summed E-state index contributed by atoms with van der Waals surface area (Å²) in [6.07, 6.45) is -0.895. The summed E-state index contributed by atoms with van der Waals surface area (Å²) in [7, 11) is 1.44. The van der Waals surface area contributed by atoms with Crippen LogP contribution in [-0.2, 0) is 25.7 Å². The van der Waals surface area contributed by atoms with Gasteiger partial charge in [-0.05, 0) is 41.2 Å². The number of hydrogen-bond donors (Lipinski definition) is 1. The fourth-order valence-electron chi connectivity index (χ4n) is 5.49. The van der Waals surface area contributed by atoms with E-state index < -0.39 is 36.2 Å². The number of fused-ring (bicyclic) bond motifs is 3. The molecule has 8 heteroatoms. The molecule has 0 saturated carbocycles. The first-order valence-electron chi connectivity index (χ1n) is 13.1. The Morgan fingerprint density at radius 1 is 0.949 bits per heavy atom. The van der Waals surface area contributed by atoms with Crippen LogP contribution in [0.25, 0.3) is 11.1 Å². The molecule has 1 aliphatic carbocycles. The zero-order valence-electron chi connectivity index (χ0n) is 22.0. The summed E-state index contributed by atoms with van der Waals surface area (Å²) < 4.78 is 11.5. The maximum absolute atomic E-state index is 13.3. The van der Waals surface area contributed by atoms with Crippen molar-refractivity contribution in [2.24, 2.45) is 0 Å². The van der Waals surface area contributed by atoms with Crippen molar-refractivity contribution in [3.63, 3.8) is 0 Å². The molecule has 1 heterocycles. The van der Waals surface area contributed by atoms with Gasteiger partial charge in [-0.25, -0.2) is 9.59 Å². The average molecular weight is 529 g/mol. The second kappa shape index (κ2) is 11.3. The monoisotopic (exact) mass is 528 g/mol. The highest BCUT2D eigenvalue weighted by Crippen LogP contribution is 2.44. The Morgan fingerprint density at radius 3 is 2.10 bits per heavy atom. The lowest BCUT2D eigenvalue weighted by Gasteiger charge is -2.42. The molecule has 3 aromatic rings. The van der Waals surface area contributed by atoms with Gasteiger partial charge in [0.05, 0.1) is 12.7 Å². The molecule has 2 aliphatic rings. The van der Waals surface area contributed by atoms with Crippen molar-refractivity contribution in [1.82, 2.24) is 9.80 Å². The summed E-state index contributed by atoms with van der Waals surface area (Å²) in [5, 5.41) is 9.89. The van der Waals surface area contributed by atoms with Crippen LogP contribution in [0.4, 0.5) is 4.79 Å². The normalized spacial score (nSPS) is 17.4. The molecule has 1 saturated heterocycles. The number of likely N-dealkylation sites (N-methyl/N-ethyl adjacent to an activating group) is 1. The van der Waals surface area contributed by atoms with Crippen LogP contribution in [0.3, 0.4) is 0 Å². The van der Waals surface area contributed by atoms with Crippen molar-refractivity contribution in [2.75, 3.05) is 20.2 Å². The molecule has 5 rings (SSSR count). The minimum Gasteiger partial charge on any atom is -0.480 e. The summed E-state index contributed by atoms with van der Waals surface area (Å²) >= 11 is 0. The lowest BCUT2D eigenvalue weighted by atomic mass is 9.98. The van der Waals surface area contributed by atoms with Gasteiger partial charge >= 0.3 is 12.1 Å². The van der Waals surface area contributed by atoms with Crippen LogP contribution in [0, 0.1) is 0 Å². The van der Waals surface area contributed by atoms with Crippen molar-refractivity contribution in [3.05, 3.63) is 95.6 Å². The molecule has 0 radical (unpaired) electrons. The number of likely N-dealkylation sites (tertiary alicyclic amines) is 1. The summed E-state index contributed by atoms with van der Waals surface area (Å²) in [6, 6.07) is 23.6. The van der Waals surface area contributed by atoms with Crippen LogP contribution in [0.5, 0.6) is 0 Å². The third-order valence-electron chi connectivity index (χ3n) is 7.69. The number of carboxylic acids is 1. The minimum atomic E-state index is -1.20. The Labute approximate surface area is 227 Å². The summed E-state index contributed by atoms with van der Waals surface area (Å²) in [6.45, 7) is 2.39. The predicted molar refractivity (Wildman–Crippen MR) is 145 cm³/mol. The molecule has 0 spiro atoms. The molecule has 202 valence electrons. The molecular weight excluding hydrogens is 496 g/mol. The Morgan fingerprint density at radius 2 is 1.54 bits per heavy atom. The van der Waals surface area contributed by atoms with Gasteiger partial charge < -0.3 is 19.5 Å². The molecule has 1 fully saturated rings. The average Bonchev–Trinajstić information content (AvgIpc) is 3.24. The smallest absolute Gasteiger partial charge is 0.410 e. The van der Waals surface area contributed by atoms with Gasteiger partial charge in [-0.2, -0.15) is 0 Å². The highest BCUT2D eigenvalue weighted by molar-refractivity contribution is 5.90. The molecule has 39 heavy (non-hydrogen) atoms. The molecule has 1 N–H and O–H groups in total. The van der Waals surface area contributed by atoms with E-state index in [1.54, 1.807) is 6.92 Å².